The average molecular weight is 289 g/mol. The smallest absolute Gasteiger partial charge is 0.347 e. The van der Waals surface area contributed by atoms with Crippen LogP contribution >= 0.6 is 0 Å². The number of hydrogen-bond acceptors (Lipinski definition) is 5. The zero-order chi connectivity index (χ0) is 15.4. The van der Waals surface area contributed by atoms with Crippen LogP contribution in [0.25, 0.3) is 16.5 Å². The van der Waals surface area contributed by atoms with E-state index in [0.29, 0.717) is 35.3 Å². The van der Waals surface area contributed by atoms with Gasteiger partial charge in [0.1, 0.15) is 16.9 Å². The first-order chi connectivity index (χ1) is 10.1. The van der Waals surface area contributed by atoms with E-state index < -0.39 is 5.63 Å². The van der Waals surface area contributed by atoms with Crippen molar-refractivity contribution in [3.63, 3.8) is 0 Å². The Morgan fingerprint density at radius 2 is 2.10 bits per heavy atom. The van der Waals surface area contributed by atoms with Crippen LogP contribution in [-0.4, -0.2) is 18.8 Å². The Labute approximate surface area is 122 Å². The highest BCUT2D eigenvalue weighted by Gasteiger charge is 2.16. The highest BCUT2D eigenvalue weighted by Crippen LogP contribution is 2.31. The molecule has 0 aliphatic carbocycles. The fourth-order valence-electron chi connectivity index (χ4n) is 2.22. The number of nitrogens with two attached hydrogens (primary N) is 1. The molecule has 0 amide bonds. The van der Waals surface area contributed by atoms with E-state index in [2.05, 4.69) is 0 Å². The second kappa shape index (κ2) is 6.45. The molecule has 0 spiro atoms. The van der Waals surface area contributed by atoms with Gasteiger partial charge in [0.05, 0.1) is 5.39 Å². The molecule has 0 radical (unpaired) electrons. The maximum Gasteiger partial charge on any atom is 0.347 e. The number of fused-ring (bicyclic) bond motifs is 1. The van der Waals surface area contributed by atoms with Gasteiger partial charge in [0, 0.05) is 19.4 Å². The van der Waals surface area contributed by atoms with E-state index in [-0.39, 0.29) is 11.3 Å². The summed E-state index contributed by atoms with van der Waals surface area (Å²) in [6.07, 6.45) is 1.34. The summed E-state index contributed by atoms with van der Waals surface area (Å²) in [6.45, 7) is 2.30. The quantitative estimate of drug-likeness (QED) is 0.652. The number of allylic oxidation sites excluding steroid dienone is 2. The van der Waals surface area contributed by atoms with E-state index in [9.17, 15) is 9.90 Å². The van der Waals surface area contributed by atoms with Crippen LogP contribution in [0.3, 0.4) is 0 Å². The minimum atomic E-state index is -0.585. The minimum Gasteiger partial charge on any atom is -0.506 e. The molecule has 1 heterocycles. The Balaban J connectivity index is 2.50. The molecule has 112 valence electrons. The van der Waals surface area contributed by atoms with Crippen LogP contribution in [0, 0.1) is 0 Å². The zero-order valence-electron chi connectivity index (χ0n) is 12.2. The van der Waals surface area contributed by atoms with E-state index in [0.717, 1.165) is 6.42 Å². The standard InChI is InChI=1S/C16H19NO4/c1-10(12(17)7-5-9-20-2)14-15(18)11-6-3-4-8-13(11)21-16(14)19/h3-4,6,8,18H,5,7,9,17H2,1-2H3/b12-10-. The van der Waals surface area contributed by atoms with E-state index in [4.69, 9.17) is 14.9 Å². The maximum atomic E-state index is 12.1. The molecule has 0 aliphatic rings. The third-order valence-corrected chi connectivity index (χ3v) is 3.44. The fraction of sp³-hybridized carbons (Fsp3) is 0.312. The maximum absolute atomic E-state index is 12.1. The Hall–Kier alpha value is -2.27. The third kappa shape index (κ3) is 3.08. The van der Waals surface area contributed by atoms with Gasteiger partial charge < -0.3 is 20.0 Å². The van der Waals surface area contributed by atoms with Gasteiger partial charge in [0.25, 0.3) is 0 Å². The molecular weight excluding hydrogens is 270 g/mol. The Morgan fingerprint density at radius 1 is 1.38 bits per heavy atom. The van der Waals surface area contributed by atoms with Gasteiger partial charge in [-0.25, -0.2) is 4.79 Å². The zero-order valence-corrected chi connectivity index (χ0v) is 12.2. The van der Waals surface area contributed by atoms with Crippen LogP contribution in [-0.2, 0) is 4.74 Å². The first-order valence-corrected chi connectivity index (χ1v) is 6.75. The number of ether oxygens (including phenoxy) is 1. The van der Waals surface area contributed by atoms with Crippen molar-refractivity contribution in [1.82, 2.24) is 0 Å². The van der Waals surface area contributed by atoms with Crippen molar-refractivity contribution in [3.8, 4) is 5.75 Å². The molecule has 0 bridgehead atoms. The molecule has 0 saturated carbocycles. The van der Waals surface area contributed by atoms with E-state index in [1.54, 1.807) is 38.3 Å². The van der Waals surface area contributed by atoms with Gasteiger partial charge in [0.15, 0.2) is 0 Å². The molecule has 5 nitrogen and oxygen atoms in total. The molecule has 1 aromatic heterocycles. The van der Waals surface area contributed by atoms with Crippen molar-refractivity contribution in [2.24, 2.45) is 5.73 Å². The molecular formula is C16H19NO4. The Kier molecular flexibility index (Phi) is 4.65. The molecule has 0 aliphatic heterocycles. The minimum absolute atomic E-state index is 0.0889. The summed E-state index contributed by atoms with van der Waals surface area (Å²) in [7, 11) is 1.62. The summed E-state index contributed by atoms with van der Waals surface area (Å²) in [6, 6.07) is 6.85. The molecule has 2 rings (SSSR count). The number of rotatable bonds is 5. The molecule has 1 aromatic carbocycles. The van der Waals surface area contributed by atoms with Gasteiger partial charge in [-0.1, -0.05) is 12.1 Å². The third-order valence-electron chi connectivity index (χ3n) is 3.44. The normalized spacial score (nSPS) is 12.5. The molecule has 21 heavy (non-hydrogen) atoms. The van der Waals surface area contributed by atoms with Crippen LogP contribution < -0.4 is 11.4 Å². The Bertz CT molecular complexity index is 731. The molecule has 0 fully saturated rings. The van der Waals surface area contributed by atoms with Crippen molar-refractivity contribution in [1.29, 1.82) is 0 Å². The number of aromatic hydroxyl groups is 1. The van der Waals surface area contributed by atoms with Gasteiger partial charge in [0.2, 0.25) is 0 Å². The van der Waals surface area contributed by atoms with Crippen LogP contribution in [0.5, 0.6) is 5.75 Å². The Morgan fingerprint density at radius 3 is 2.81 bits per heavy atom. The van der Waals surface area contributed by atoms with Crippen LogP contribution in [0.1, 0.15) is 25.3 Å². The lowest BCUT2D eigenvalue weighted by atomic mass is 10.0. The first-order valence-electron chi connectivity index (χ1n) is 6.75. The topological polar surface area (TPSA) is 85.7 Å². The first kappa shape index (κ1) is 15.1. The highest BCUT2D eigenvalue weighted by molar-refractivity contribution is 5.88. The summed E-state index contributed by atoms with van der Waals surface area (Å²) >= 11 is 0. The highest BCUT2D eigenvalue weighted by atomic mass is 16.5. The molecule has 3 N–H and O–H groups in total. The summed E-state index contributed by atoms with van der Waals surface area (Å²) in [5.41, 5.74) is 6.99. The van der Waals surface area contributed by atoms with Crippen LogP contribution in [0.2, 0.25) is 0 Å². The summed E-state index contributed by atoms with van der Waals surface area (Å²) in [4.78, 5) is 12.1. The summed E-state index contributed by atoms with van der Waals surface area (Å²) in [5.74, 6) is -0.0889. The van der Waals surface area contributed by atoms with Gasteiger partial charge in [-0.3, -0.25) is 0 Å². The van der Waals surface area contributed by atoms with Gasteiger partial charge in [-0.2, -0.15) is 0 Å². The van der Waals surface area contributed by atoms with Crippen molar-refractivity contribution in [2.75, 3.05) is 13.7 Å². The summed E-state index contributed by atoms with van der Waals surface area (Å²) < 4.78 is 10.2. The van der Waals surface area contributed by atoms with Gasteiger partial charge in [-0.05, 0) is 37.5 Å². The SMILES string of the molecule is COCCC/C(N)=C(\C)c1c(O)c2ccccc2oc1=O. The lowest BCUT2D eigenvalue weighted by Gasteiger charge is -2.10. The second-order valence-corrected chi connectivity index (χ2v) is 4.86. The monoisotopic (exact) mass is 289 g/mol. The average Bonchev–Trinajstić information content (AvgIpc) is 2.47. The van der Waals surface area contributed by atoms with E-state index >= 15 is 0 Å². The molecule has 0 saturated heterocycles. The van der Waals surface area contributed by atoms with Gasteiger partial charge >= 0.3 is 5.63 Å². The number of para-hydroxylation sites is 1. The second-order valence-electron chi connectivity index (χ2n) is 4.86. The van der Waals surface area contributed by atoms with Crippen LogP contribution in [0.4, 0.5) is 0 Å². The van der Waals surface area contributed by atoms with Crippen molar-refractivity contribution >= 4 is 16.5 Å². The van der Waals surface area contributed by atoms with Crippen molar-refractivity contribution in [3.05, 3.63) is 45.9 Å². The number of benzene rings is 1. The van der Waals surface area contributed by atoms with Gasteiger partial charge in [-0.15, -0.1) is 0 Å². The van der Waals surface area contributed by atoms with Crippen molar-refractivity contribution in [2.45, 2.75) is 19.8 Å². The fourth-order valence-corrected chi connectivity index (χ4v) is 2.22. The molecule has 0 atom stereocenters. The summed E-state index contributed by atoms with van der Waals surface area (Å²) in [5, 5.41) is 10.8. The largest absolute Gasteiger partial charge is 0.506 e. The molecule has 2 aromatic rings. The number of methoxy groups -OCH3 is 1. The lowest BCUT2D eigenvalue weighted by Crippen LogP contribution is -2.10. The predicted octanol–water partition coefficient (Wildman–Crippen LogP) is 2.61. The number of hydrogen-bond donors (Lipinski definition) is 2. The lowest BCUT2D eigenvalue weighted by molar-refractivity contribution is 0.195. The van der Waals surface area contributed by atoms with Crippen LogP contribution in [0.15, 0.2) is 39.2 Å². The van der Waals surface area contributed by atoms with E-state index in [1.807, 2.05) is 0 Å². The van der Waals surface area contributed by atoms with Crippen molar-refractivity contribution < 1.29 is 14.3 Å². The van der Waals surface area contributed by atoms with E-state index in [1.165, 1.54) is 0 Å². The molecule has 5 heteroatoms. The molecule has 0 unspecified atom stereocenters. The predicted molar refractivity (Wildman–Crippen MR) is 82.0 cm³/mol.